The van der Waals surface area contributed by atoms with E-state index in [2.05, 4.69) is 25.7 Å². The number of carbonyl (C=O) groups is 1. The van der Waals surface area contributed by atoms with Crippen LogP contribution >= 0.6 is 15.9 Å². The van der Waals surface area contributed by atoms with Crippen molar-refractivity contribution in [2.75, 3.05) is 13.7 Å². The van der Waals surface area contributed by atoms with Crippen molar-refractivity contribution in [2.24, 2.45) is 5.41 Å². The Kier molecular flexibility index (Phi) is 3.95. The highest BCUT2D eigenvalue weighted by atomic mass is 79.9. The summed E-state index contributed by atoms with van der Waals surface area (Å²) in [6.45, 7) is -0.473. The van der Waals surface area contributed by atoms with E-state index in [1.165, 1.54) is 19.4 Å². The first-order valence-corrected chi connectivity index (χ1v) is 6.52. The van der Waals surface area contributed by atoms with Gasteiger partial charge in [-0.05, 0) is 34.8 Å². The van der Waals surface area contributed by atoms with E-state index in [9.17, 15) is 18.0 Å². The Balaban J connectivity index is 2.06. The number of carbonyl (C=O) groups excluding carboxylic acids is 1. The lowest BCUT2D eigenvalue weighted by molar-refractivity contribution is -0.194. The van der Waals surface area contributed by atoms with Gasteiger partial charge in [0.05, 0.1) is 17.1 Å². The van der Waals surface area contributed by atoms with Gasteiger partial charge in [-0.3, -0.25) is 0 Å². The molecule has 1 saturated carbocycles. The molecule has 0 radical (unpaired) electrons. The number of esters is 1. The Morgan fingerprint density at radius 3 is 2.60 bits per heavy atom. The zero-order chi connectivity index (χ0) is 15.0. The summed E-state index contributed by atoms with van der Waals surface area (Å²) in [6, 6.07) is 1.39. The molecule has 0 aromatic carbocycles. The lowest BCUT2D eigenvalue weighted by atomic mass is 10.1. The second-order valence-electron chi connectivity index (χ2n) is 4.57. The third kappa shape index (κ3) is 2.89. The predicted octanol–water partition coefficient (Wildman–Crippen LogP) is 3.35. The number of rotatable bonds is 4. The normalized spacial score (nSPS) is 16.6. The van der Waals surface area contributed by atoms with Crippen LogP contribution in [0.5, 0.6) is 5.88 Å². The maximum Gasteiger partial charge on any atom is 0.397 e. The topological polar surface area (TPSA) is 48.4 Å². The van der Waals surface area contributed by atoms with Gasteiger partial charge in [0.25, 0.3) is 0 Å². The van der Waals surface area contributed by atoms with Gasteiger partial charge in [0.2, 0.25) is 5.88 Å². The van der Waals surface area contributed by atoms with Crippen molar-refractivity contribution in [3.63, 3.8) is 0 Å². The van der Waals surface area contributed by atoms with Crippen molar-refractivity contribution in [1.82, 2.24) is 4.98 Å². The smallest absolute Gasteiger partial charge is 0.397 e. The highest BCUT2D eigenvalue weighted by Crippen LogP contribution is 2.57. The summed E-state index contributed by atoms with van der Waals surface area (Å²) >= 11 is 3.11. The summed E-state index contributed by atoms with van der Waals surface area (Å²) in [5.41, 5.74) is -1.57. The van der Waals surface area contributed by atoms with Crippen molar-refractivity contribution < 1.29 is 27.4 Å². The molecule has 2 rings (SSSR count). The standard InChI is InChI=1S/C12H11BrF3NO3/c1-19-10(18)7-4-8(13)9(17-5-7)20-6-11(2-3-11)12(14,15)16/h4-5H,2-3,6H2,1H3. The van der Waals surface area contributed by atoms with Crippen LogP contribution in [0.2, 0.25) is 0 Å². The second-order valence-corrected chi connectivity index (χ2v) is 5.42. The van der Waals surface area contributed by atoms with Crippen LogP contribution in [-0.2, 0) is 4.74 Å². The molecule has 8 heteroatoms. The molecule has 1 heterocycles. The van der Waals surface area contributed by atoms with Gasteiger partial charge in [0, 0.05) is 6.20 Å². The van der Waals surface area contributed by atoms with Crippen LogP contribution in [-0.4, -0.2) is 30.8 Å². The van der Waals surface area contributed by atoms with E-state index < -0.39 is 24.2 Å². The number of halogens is 4. The molecule has 4 nitrogen and oxygen atoms in total. The lowest BCUT2D eigenvalue weighted by Gasteiger charge is -2.19. The van der Waals surface area contributed by atoms with Crippen molar-refractivity contribution in [3.05, 3.63) is 22.3 Å². The van der Waals surface area contributed by atoms with Gasteiger partial charge in [-0.15, -0.1) is 0 Å². The summed E-state index contributed by atoms with van der Waals surface area (Å²) in [5.74, 6) is -0.563. The largest absolute Gasteiger partial charge is 0.476 e. The SMILES string of the molecule is COC(=O)c1cnc(OCC2(C(F)(F)F)CC2)c(Br)c1. The molecule has 0 bridgehead atoms. The van der Waals surface area contributed by atoms with Crippen LogP contribution in [0.4, 0.5) is 13.2 Å². The maximum atomic E-state index is 12.7. The summed E-state index contributed by atoms with van der Waals surface area (Å²) in [5, 5.41) is 0. The summed E-state index contributed by atoms with van der Waals surface area (Å²) in [6.07, 6.45) is -2.95. The minimum absolute atomic E-state index is 0.0215. The molecule has 20 heavy (non-hydrogen) atoms. The molecule has 0 amide bonds. The van der Waals surface area contributed by atoms with Crippen molar-refractivity contribution in [2.45, 2.75) is 19.0 Å². The molecule has 0 spiro atoms. The number of methoxy groups -OCH3 is 1. The Morgan fingerprint density at radius 1 is 1.50 bits per heavy atom. The maximum absolute atomic E-state index is 12.7. The van der Waals surface area contributed by atoms with Crippen molar-refractivity contribution in [3.8, 4) is 5.88 Å². The molecule has 1 aromatic heterocycles. The molecular weight excluding hydrogens is 343 g/mol. The van der Waals surface area contributed by atoms with Gasteiger partial charge in [0.15, 0.2) is 0 Å². The van der Waals surface area contributed by atoms with E-state index in [1.54, 1.807) is 0 Å². The summed E-state index contributed by atoms with van der Waals surface area (Å²) in [4.78, 5) is 15.1. The molecule has 0 unspecified atom stereocenters. The van der Waals surface area contributed by atoms with Crippen LogP contribution in [0.1, 0.15) is 23.2 Å². The Bertz CT molecular complexity index is 529. The number of aromatic nitrogens is 1. The first-order valence-electron chi connectivity index (χ1n) is 5.72. The van der Waals surface area contributed by atoms with Crippen LogP contribution in [0.25, 0.3) is 0 Å². The highest BCUT2D eigenvalue weighted by molar-refractivity contribution is 9.10. The molecule has 0 atom stereocenters. The average molecular weight is 354 g/mol. The Hall–Kier alpha value is -1.31. The zero-order valence-corrected chi connectivity index (χ0v) is 12.0. The number of hydrogen-bond donors (Lipinski definition) is 0. The lowest BCUT2D eigenvalue weighted by Crippen LogP contribution is -2.30. The molecule has 0 saturated heterocycles. The Labute approximate surface area is 121 Å². The molecular formula is C12H11BrF3NO3. The minimum atomic E-state index is -4.27. The van der Waals surface area contributed by atoms with E-state index in [0.29, 0.717) is 4.47 Å². The quantitative estimate of drug-likeness (QED) is 0.779. The fourth-order valence-electron chi connectivity index (χ4n) is 1.63. The first-order chi connectivity index (χ1) is 9.29. The van der Waals surface area contributed by atoms with E-state index >= 15 is 0 Å². The molecule has 1 aromatic rings. The van der Waals surface area contributed by atoms with Gasteiger partial charge in [-0.25, -0.2) is 9.78 Å². The van der Waals surface area contributed by atoms with E-state index in [0.717, 1.165) is 0 Å². The van der Waals surface area contributed by atoms with E-state index in [1.807, 2.05) is 0 Å². The third-order valence-corrected chi connectivity index (χ3v) is 3.74. The molecule has 1 aliphatic carbocycles. The minimum Gasteiger partial charge on any atom is -0.476 e. The highest BCUT2D eigenvalue weighted by Gasteiger charge is 2.64. The van der Waals surface area contributed by atoms with Crippen molar-refractivity contribution >= 4 is 21.9 Å². The van der Waals surface area contributed by atoms with Gasteiger partial charge in [-0.1, -0.05) is 0 Å². The van der Waals surface area contributed by atoms with Gasteiger partial charge < -0.3 is 9.47 Å². The van der Waals surface area contributed by atoms with E-state index in [4.69, 9.17) is 4.74 Å². The Morgan fingerprint density at radius 2 is 2.15 bits per heavy atom. The average Bonchev–Trinajstić information content (AvgIpc) is 3.17. The fraction of sp³-hybridized carbons (Fsp3) is 0.500. The zero-order valence-electron chi connectivity index (χ0n) is 10.5. The van der Waals surface area contributed by atoms with Crippen LogP contribution in [0, 0.1) is 5.41 Å². The second kappa shape index (κ2) is 5.23. The van der Waals surface area contributed by atoms with Crippen LogP contribution < -0.4 is 4.74 Å². The van der Waals surface area contributed by atoms with Crippen LogP contribution in [0.15, 0.2) is 16.7 Å². The number of nitrogens with zero attached hydrogens (tertiary/aromatic N) is 1. The number of hydrogen-bond acceptors (Lipinski definition) is 4. The van der Waals surface area contributed by atoms with Gasteiger partial charge >= 0.3 is 12.1 Å². The molecule has 0 aliphatic heterocycles. The number of ether oxygens (including phenoxy) is 2. The molecule has 1 fully saturated rings. The monoisotopic (exact) mass is 353 g/mol. The van der Waals surface area contributed by atoms with Gasteiger partial charge in [-0.2, -0.15) is 13.2 Å². The molecule has 1 aliphatic rings. The fourth-order valence-corrected chi connectivity index (χ4v) is 2.09. The third-order valence-electron chi connectivity index (χ3n) is 3.17. The number of pyridine rings is 1. The first kappa shape index (κ1) is 15.1. The predicted molar refractivity (Wildman–Crippen MR) is 66.5 cm³/mol. The molecule has 110 valence electrons. The number of alkyl halides is 3. The molecule has 0 N–H and O–H groups in total. The van der Waals surface area contributed by atoms with Gasteiger partial charge in [0.1, 0.15) is 12.0 Å². The van der Waals surface area contributed by atoms with Crippen LogP contribution in [0.3, 0.4) is 0 Å². The van der Waals surface area contributed by atoms with E-state index in [-0.39, 0.29) is 24.3 Å². The summed E-state index contributed by atoms with van der Waals surface area (Å²) in [7, 11) is 1.22. The summed E-state index contributed by atoms with van der Waals surface area (Å²) < 4.78 is 48.2. The van der Waals surface area contributed by atoms with Crippen molar-refractivity contribution in [1.29, 1.82) is 0 Å².